The van der Waals surface area contributed by atoms with Crippen LogP contribution in [-0.4, -0.2) is 61.4 Å². The van der Waals surface area contributed by atoms with Gasteiger partial charge in [0, 0.05) is 29.6 Å². The molecule has 0 bridgehead atoms. The summed E-state index contributed by atoms with van der Waals surface area (Å²) in [4.78, 5) is 42.3. The van der Waals surface area contributed by atoms with Crippen molar-refractivity contribution >= 4 is 41.0 Å². The molecule has 0 aliphatic carbocycles. The Balaban J connectivity index is 0.00000507. The van der Waals surface area contributed by atoms with Crippen LogP contribution in [0.1, 0.15) is 115 Å². The first kappa shape index (κ1) is 31.8. The number of unbranched alkanes of at least 4 members (excludes halogenated alkanes) is 11. The zero-order valence-corrected chi connectivity index (χ0v) is 24.2. The van der Waals surface area contributed by atoms with E-state index in [2.05, 4.69) is 6.92 Å². The van der Waals surface area contributed by atoms with Gasteiger partial charge in [-0.15, -0.1) is 12.4 Å². The number of imide groups is 1. The van der Waals surface area contributed by atoms with E-state index in [4.69, 9.17) is 4.74 Å². The lowest BCUT2D eigenvalue weighted by Gasteiger charge is -2.28. The molecule has 0 atom stereocenters. The van der Waals surface area contributed by atoms with E-state index >= 15 is 0 Å². The predicted molar refractivity (Wildman–Crippen MR) is 156 cm³/mol. The van der Waals surface area contributed by atoms with Crippen LogP contribution in [-0.2, 0) is 4.74 Å². The minimum absolute atomic E-state index is 0. The zero-order chi connectivity index (χ0) is 26.6. The zero-order valence-electron chi connectivity index (χ0n) is 23.4. The number of hydrogen-bond donors (Lipinski definition) is 0. The highest BCUT2D eigenvalue weighted by Crippen LogP contribution is 2.32. The highest BCUT2D eigenvalue weighted by Gasteiger charge is 2.33. The van der Waals surface area contributed by atoms with Gasteiger partial charge in [0.15, 0.2) is 0 Å². The number of rotatable bonds is 17. The number of esters is 1. The second-order valence-electron chi connectivity index (χ2n) is 10.5. The summed E-state index contributed by atoms with van der Waals surface area (Å²) in [5.74, 6) is -1.03. The molecule has 1 heterocycles. The topological polar surface area (TPSA) is 66.9 Å². The lowest BCUT2D eigenvalue weighted by molar-refractivity contribution is 0.0497. The Morgan fingerprint density at radius 3 is 1.92 bits per heavy atom. The van der Waals surface area contributed by atoms with Gasteiger partial charge in [0.25, 0.3) is 11.8 Å². The van der Waals surface area contributed by atoms with Crippen LogP contribution in [0.5, 0.6) is 0 Å². The van der Waals surface area contributed by atoms with Gasteiger partial charge in [0.2, 0.25) is 0 Å². The van der Waals surface area contributed by atoms with Gasteiger partial charge in [-0.3, -0.25) is 14.5 Å². The van der Waals surface area contributed by atoms with Crippen molar-refractivity contribution in [1.82, 2.24) is 9.80 Å². The van der Waals surface area contributed by atoms with E-state index in [9.17, 15) is 14.4 Å². The van der Waals surface area contributed by atoms with Crippen LogP contribution >= 0.6 is 12.4 Å². The molecule has 0 fully saturated rings. The molecule has 0 aromatic heterocycles. The standard InChI is InChI=1S/C31H44N2O4.ClH/c1-4-5-6-7-8-9-10-11-12-13-14-15-23-37-31(36)25-19-20-27-28-24(25)17-16-18-26(28)29(34)33(30(27)35)22-21-32(2)3;/h16-20H,4-15,21-23H2,1-3H3;1H. The fourth-order valence-corrected chi connectivity index (χ4v) is 5.01. The van der Waals surface area contributed by atoms with E-state index in [1.165, 1.54) is 69.1 Å². The summed E-state index contributed by atoms with van der Waals surface area (Å²) >= 11 is 0. The fraction of sp³-hybridized carbons (Fsp3) is 0.581. The number of ether oxygens (including phenoxy) is 1. The van der Waals surface area contributed by atoms with Crippen molar-refractivity contribution in [2.45, 2.75) is 84.0 Å². The third-order valence-corrected chi connectivity index (χ3v) is 7.21. The van der Waals surface area contributed by atoms with Crippen LogP contribution in [0.3, 0.4) is 0 Å². The average molecular weight is 545 g/mol. The van der Waals surface area contributed by atoms with E-state index in [-0.39, 0.29) is 24.2 Å². The molecular formula is C31H45ClN2O4. The molecule has 1 aliphatic rings. The Kier molecular flexibility index (Phi) is 13.8. The molecular weight excluding hydrogens is 500 g/mol. The van der Waals surface area contributed by atoms with Crippen molar-refractivity contribution < 1.29 is 19.1 Å². The van der Waals surface area contributed by atoms with Crippen molar-refractivity contribution in [2.24, 2.45) is 0 Å². The molecule has 2 amide bonds. The molecule has 0 unspecified atom stereocenters. The average Bonchev–Trinajstić information content (AvgIpc) is 2.89. The number of nitrogens with zero attached hydrogens (tertiary/aromatic N) is 2. The van der Waals surface area contributed by atoms with Crippen molar-refractivity contribution in [3.63, 3.8) is 0 Å². The van der Waals surface area contributed by atoms with Crippen LogP contribution < -0.4 is 0 Å². The summed E-state index contributed by atoms with van der Waals surface area (Å²) in [6.45, 7) is 3.55. The fourth-order valence-electron chi connectivity index (χ4n) is 5.01. The molecule has 0 radical (unpaired) electrons. The second kappa shape index (κ2) is 16.5. The number of halogens is 1. The first-order chi connectivity index (χ1) is 18.0. The maximum Gasteiger partial charge on any atom is 0.338 e. The van der Waals surface area contributed by atoms with E-state index in [1.54, 1.807) is 30.3 Å². The molecule has 2 aromatic rings. The monoisotopic (exact) mass is 544 g/mol. The minimum atomic E-state index is -0.401. The van der Waals surface area contributed by atoms with Crippen LogP contribution in [0.2, 0.25) is 0 Å². The molecule has 210 valence electrons. The second-order valence-corrected chi connectivity index (χ2v) is 10.5. The summed E-state index contributed by atoms with van der Waals surface area (Å²) in [5.41, 5.74) is 1.32. The number of carbonyl (C=O) groups is 3. The molecule has 6 nitrogen and oxygen atoms in total. The Labute approximate surface area is 234 Å². The lowest BCUT2D eigenvalue weighted by Crippen LogP contribution is -2.43. The smallest absolute Gasteiger partial charge is 0.338 e. The molecule has 0 spiro atoms. The van der Waals surface area contributed by atoms with E-state index in [1.807, 2.05) is 19.0 Å². The van der Waals surface area contributed by atoms with Crippen molar-refractivity contribution in [1.29, 1.82) is 0 Å². The first-order valence-corrected chi connectivity index (χ1v) is 14.2. The van der Waals surface area contributed by atoms with E-state index in [0.29, 0.717) is 47.2 Å². The number of benzene rings is 2. The third-order valence-electron chi connectivity index (χ3n) is 7.21. The molecule has 2 aromatic carbocycles. The van der Waals surface area contributed by atoms with Crippen LogP contribution in [0.15, 0.2) is 30.3 Å². The van der Waals surface area contributed by atoms with Gasteiger partial charge in [-0.2, -0.15) is 0 Å². The number of likely N-dealkylation sites (N-methyl/N-ethyl adjacent to an activating group) is 1. The SMILES string of the molecule is CCCCCCCCCCCCCCOC(=O)c1ccc2c3c(cccc13)C(=O)N(CCN(C)C)C2=O.Cl. The van der Waals surface area contributed by atoms with Gasteiger partial charge < -0.3 is 9.64 Å². The van der Waals surface area contributed by atoms with Crippen molar-refractivity contribution in [3.05, 3.63) is 47.0 Å². The van der Waals surface area contributed by atoms with Crippen LogP contribution in [0.25, 0.3) is 10.8 Å². The van der Waals surface area contributed by atoms with Gasteiger partial charge >= 0.3 is 5.97 Å². The molecule has 0 saturated heterocycles. The summed E-state index contributed by atoms with van der Waals surface area (Å²) in [5, 5.41) is 1.15. The predicted octanol–water partition coefficient (Wildman–Crippen LogP) is 7.28. The molecule has 7 heteroatoms. The lowest BCUT2D eigenvalue weighted by atomic mass is 9.91. The molecule has 0 saturated carbocycles. The Bertz CT molecular complexity index is 1050. The third kappa shape index (κ3) is 8.54. The highest BCUT2D eigenvalue weighted by molar-refractivity contribution is 6.27. The van der Waals surface area contributed by atoms with E-state index < -0.39 is 5.97 Å². The van der Waals surface area contributed by atoms with Gasteiger partial charge in [0.05, 0.1) is 12.2 Å². The Morgan fingerprint density at radius 1 is 0.789 bits per heavy atom. The van der Waals surface area contributed by atoms with Gasteiger partial charge in [0.1, 0.15) is 0 Å². The van der Waals surface area contributed by atoms with E-state index in [0.717, 1.165) is 12.8 Å². The summed E-state index contributed by atoms with van der Waals surface area (Å²) in [7, 11) is 3.81. The highest BCUT2D eigenvalue weighted by atomic mass is 35.5. The normalized spacial score (nSPS) is 12.8. The summed E-state index contributed by atoms with van der Waals surface area (Å²) < 4.78 is 5.57. The number of carbonyl (C=O) groups excluding carboxylic acids is 3. The Morgan fingerprint density at radius 2 is 1.34 bits per heavy atom. The maximum atomic E-state index is 13.1. The molecule has 3 rings (SSSR count). The minimum Gasteiger partial charge on any atom is -0.462 e. The maximum absolute atomic E-state index is 13.1. The van der Waals surface area contributed by atoms with Crippen LogP contribution in [0, 0.1) is 0 Å². The largest absolute Gasteiger partial charge is 0.462 e. The van der Waals surface area contributed by atoms with Crippen molar-refractivity contribution in [2.75, 3.05) is 33.8 Å². The summed E-state index contributed by atoms with van der Waals surface area (Å²) in [6.07, 6.45) is 15.1. The quantitative estimate of drug-likeness (QED) is 0.119. The molecule has 0 N–H and O–H groups in total. The Hall–Kier alpha value is -2.44. The number of hydrogen-bond acceptors (Lipinski definition) is 5. The first-order valence-electron chi connectivity index (χ1n) is 14.2. The van der Waals surface area contributed by atoms with Crippen LogP contribution in [0.4, 0.5) is 0 Å². The van der Waals surface area contributed by atoms with Gasteiger partial charge in [-0.1, -0.05) is 89.7 Å². The summed E-state index contributed by atoms with van der Waals surface area (Å²) in [6, 6.07) is 8.60. The molecule has 38 heavy (non-hydrogen) atoms. The van der Waals surface area contributed by atoms with Gasteiger partial charge in [-0.05, 0) is 44.1 Å². The van der Waals surface area contributed by atoms with Crippen molar-refractivity contribution in [3.8, 4) is 0 Å². The number of amides is 2. The molecule has 1 aliphatic heterocycles. The van der Waals surface area contributed by atoms with Gasteiger partial charge in [-0.25, -0.2) is 4.79 Å².